The molecule has 1 nitrogen and oxygen atoms in total. The normalized spacial score (nSPS) is 10.4. The number of aryl methyl sites for hydroxylation is 2. The lowest BCUT2D eigenvalue weighted by atomic mass is 9.97. The first kappa shape index (κ1) is 12.8. The Bertz CT molecular complexity index is 620. The number of benzene rings is 2. The van der Waals surface area contributed by atoms with Crippen LogP contribution in [0.4, 0.5) is 4.39 Å². The van der Waals surface area contributed by atoms with Gasteiger partial charge in [0.05, 0.1) is 5.02 Å². The predicted molar refractivity (Wildman–Crippen MR) is 70.8 cm³/mol. The van der Waals surface area contributed by atoms with Crippen molar-refractivity contribution in [1.29, 1.82) is 0 Å². The van der Waals surface area contributed by atoms with E-state index in [9.17, 15) is 9.18 Å². The number of hydrogen-bond acceptors (Lipinski definition) is 1. The zero-order chi connectivity index (χ0) is 13.3. The molecule has 2 aromatic carbocycles. The second kappa shape index (κ2) is 4.91. The van der Waals surface area contributed by atoms with E-state index >= 15 is 0 Å². The molecule has 0 saturated heterocycles. The second-order valence-electron chi connectivity index (χ2n) is 4.27. The van der Waals surface area contributed by atoms with Gasteiger partial charge in [-0.05, 0) is 37.6 Å². The third-order valence-corrected chi connectivity index (χ3v) is 3.13. The summed E-state index contributed by atoms with van der Waals surface area (Å²) in [6.45, 7) is 3.81. The minimum Gasteiger partial charge on any atom is -0.289 e. The van der Waals surface area contributed by atoms with Crippen LogP contribution < -0.4 is 0 Å². The Morgan fingerprint density at radius 2 is 1.78 bits per heavy atom. The first-order chi connectivity index (χ1) is 8.49. The Morgan fingerprint density at radius 3 is 2.44 bits per heavy atom. The van der Waals surface area contributed by atoms with Crippen LogP contribution in [0, 0.1) is 19.7 Å². The first-order valence-electron chi connectivity index (χ1n) is 5.56. The number of halogens is 2. The van der Waals surface area contributed by atoms with E-state index in [1.54, 1.807) is 6.07 Å². The van der Waals surface area contributed by atoms with Gasteiger partial charge in [-0.3, -0.25) is 4.79 Å². The molecule has 18 heavy (non-hydrogen) atoms. The number of carbonyl (C=O) groups excluding carboxylic acids is 1. The van der Waals surface area contributed by atoms with E-state index in [4.69, 9.17) is 11.6 Å². The van der Waals surface area contributed by atoms with Gasteiger partial charge in [-0.1, -0.05) is 35.4 Å². The number of hydrogen-bond donors (Lipinski definition) is 0. The molecular formula is C15H12ClFO. The molecular weight excluding hydrogens is 251 g/mol. The zero-order valence-corrected chi connectivity index (χ0v) is 10.9. The smallest absolute Gasteiger partial charge is 0.194 e. The summed E-state index contributed by atoms with van der Waals surface area (Å²) in [5, 5.41) is 0.265. The standard InChI is InChI=1S/C15H12ClFO/c1-9-3-5-12(10(2)7-9)15(18)13-8-11(17)4-6-14(13)16/h3-8H,1-2H3. The van der Waals surface area contributed by atoms with E-state index in [0.29, 0.717) is 5.56 Å². The van der Waals surface area contributed by atoms with Crippen molar-refractivity contribution in [2.45, 2.75) is 13.8 Å². The van der Waals surface area contributed by atoms with Gasteiger partial charge in [0.15, 0.2) is 5.78 Å². The van der Waals surface area contributed by atoms with Gasteiger partial charge in [-0.2, -0.15) is 0 Å². The van der Waals surface area contributed by atoms with E-state index in [0.717, 1.165) is 11.1 Å². The maximum absolute atomic E-state index is 13.2. The molecule has 0 spiro atoms. The van der Waals surface area contributed by atoms with E-state index in [-0.39, 0.29) is 16.4 Å². The quantitative estimate of drug-likeness (QED) is 0.737. The SMILES string of the molecule is Cc1ccc(C(=O)c2cc(F)ccc2Cl)c(C)c1. The van der Waals surface area contributed by atoms with Crippen molar-refractivity contribution in [2.75, 3.05) is 0 Å². The van der Waals surface area contributed by atoms with Crippen molar-refractivity contribution in [1.82, 2.24) is 0 Å². The highest BCUT2D eigenvalue weighted by molar-refractivity contribution is 6.35. The van der Waals surface area contributed by atoms with Crippen LogP contribution in [0.3, 0.4) is 0 Å². The van der Waals surface area contributed by atoms with E-state index in [2.05, 4.69) is 0 Å². The Hall–Kier alpha value is -1.67. The monoisotopic (exact) mass is 262 g/mol. The molecule has 0 N–H and O–H groups in total. The fraction of sp³-hybridized carbons (Fsp3) is 0.133. The van der Waals surface area contributed by atoms with Crippen LogP contribution in [0.25, 0.3) is 0 Å². The largest absolute Gasteiger partial charge is 0.289 e. The molecule has 2 rings (SSSR count). The molecule has 0 amide bonds. The molecule has 0 aromatic heterocycles. The minimum atomic E-state index is -0.465. The van der Waals surface area contributed by atoms with Crippen LogP contribution in [0.1, 0.15) is 27.0 Å². The summed E-state index contributed by atoms with van der Waals surface area (Å²) in [6.07, 6.45) is 0. The molecule has 92 valence electrons. The molecule has 2 aromatic rings. The molecule has 0 aliphatic rings. The van der Waals surface area contributed by atoms with Crippen LogP contribution in [-0.2, 0) is 0 Å². The molecule has 0 heterocycles. The third kappa shape index (κ3) is 2.44. The van der Waals surface area contributed by atoms with Gasteiger partial charge in [0.2, 0.25) is 0 Å². The van der Waals surface area contributed by atoms with Gasteiger partial charge in [0, 0.05) is 11.1 Å². The molecule has 0 saturated carbocycles. The summed E-state index contributed by atoms with van der Waals surface area (Å²) in [5.41, 5.74) is 2.69. The van der Waals surface area contributed by atoms with Gasteiger partial charge in [-0.15, -0.1) is 0 Å². The lowest BCUT2D eigenvalue weighted by molar-refractivity contribution is 0.103. The minimum absolute atomic E-state index is 0.198. The second-order valence-corrected chi connectivity index (χ2v) is 4.68. The molecule has 3 heteroatoms. The lowest BCUT2D eigenvalue weighted by Gasteiger charge is -2.07. The lowest BCUT2D eigenvalue weighted by Crippen LogP contribution is -2.05. The number of ketones is 1. The van der Waals surface area contributed by atoms with Crippen LogP contribution >= 0.6 is 11.6 Å². The Kier molecular flexibility index (Phi) is 3.48. The van der Waals surface area contributed by atoms with Crippen molar-refractivity contribution in [3.05, 3.63) is 69.5 Å². The molecule has 0 aliphatic heterocycles. The summed E-state index contributed by atoms with van der Waals surface area (Å²) in [6, 6.07) is 9.32. The Labute approximate surface area is 110 Å². The number of carbonyl (C=O) groups is 1. The summed E-state index contributed by atoms with van der Waals surface area (Å²) in [5.74, 6) is -0.718. The zero-order valence-electron chi connectivity index (χ0n) is 10.1. The first-order valence-corrected chi connectivity index (χ1v) is 5.94. The Balaban J connectivity index is 2.51. The summed E-state index contributed by atoms with van der Waals surface area (Å²) in [7, 11) is 0. The summed E-state index contributed by atoms with van der Waals surface area (Å²) in [4.78, 5) is 12.3. The molecule has 0 atom stereocenters. The molecule has 0 aliphatic carbocycles. The van der Waals surface area contributed by atoms with Crippen LogP contribution in [0.2, 0.25) is 5.02 Å². The summed E-state index contributed by atoms with van der Waals surface area (Å²) < 4.78 is 13.2. The molecule has 0 fully saturated rings. The van der Waals surface area contributed by atoms with Crippen molar-refractivity contribution in [2.24, 2.45) is 0 Å². The fourth-order valence-electron chi connectivity index (χ4n) is 1.88. The van der Waals surface area contributed by atoms with Crippen LogP contribution in [-0.4, -0.2) is 5.78 Å². The average Bonchev–Trinajstić information content (AvgIpc) is 2.31. The van der Waals surface area contributed by atoms with Crippen LogP contribution in [0.15, 0.2) is 36.4 Å². The average molecular weight is 263 g/mol. The van der Waals surface area contributed by atoms with E-state index in [1.165, 1.54) is 18.2 Å². The van der Waals surface area contributed by atoms with Crippen molar-refractivity contribution < 1.29 is 9.18 Å². The van der Waals surface area contributed by atoms with Gasteiger partial charge >= 0.3 is 0 Å². The highest BCUT2D eigenvalue weighted by Gasteiger charge is 2.15. The van der Waals surface area contributed by atoms with Crippen LogP contribution in [0.5, 0.6) is 0 Å². The van der Waals surface area contributed by atoms with Crippen molar-refractivity contribution >= 4 is 17.4 Å². The van der Waals surface area contributed by atoms with Gasteiger partial charge < -0.3 is 0 Å². The third-order valence-electron chi connectivity index (χ3n) is 2.80. The topological polar surface area (TPSA) is 17.1 Å². The van der Waals surface area contributed by atoms with Gasteiger partial charge in [0.25, 0.3) is 0 Å². The molecule has 0 radical (unpaired) electrons. The van der Waals surface area contributed by atoms with E-state index < -0.39 is 5.82 Å². The fourth-order valence-corrected chi connectivity index (χ4v) is 2.09. The maximum atomic E-state index is 13.2. The van der Waals surface area contributed by atoms with E-state index in [1.807, 2.05) is 26.0 Å². The summed E-state index contributed by atoms with van der Waals surface area (Å²) >= 11 is 5.94. The number of rotatable bonds is 2. The van der Waals surface area contributed by atoms with Crippen molar-refractivity contribution in [3.8, 4) is 0 Å². The Morgan fingerprint density at radius 1 is 1.06 bits per heavy atom. The molecule has 0 bridgehead atoms. The molecule has 0 unspecified atom stereocenters. The highest BCUT2D eigenvalue weighted by atomic mass is 35.5. The van der Waals surface area contributed by atoms with Crippen molar-refractivity contribution in [3.63, 3.8) is 0 Å². The highest BCUT2D eigenvalue weighted by Crippen LogP contribution is 2.22. The van der Waals surface area contributed by atoms with Gasteiger partial charge in [0.1, 0.15) is 5.82 Å². The van der Waals surface area contributed by atoms with Gasteiger partial charge in [-0.25, -0.2) is 4.39 Å². The predicted octanol–water partition coefficient (Wildman–Crippen LogP) is 4.33. The maximum Gasteiger partial charge on any atom is 0.194 e.